The van der Waals surface area contributed by atoms with Gasteiger partial charge in [0.25, 0.3) is 5.91 Å². The summed E-state index contributed by atoms with van der Waals surface area (Å²) in [4.78, 5) is 23.8. The lowest BCUT2D eigenvalue weighted by molar-refractivity contribution is -0.118. The molecule has 0 unspecified atom stereocenters. The van der Waals surface area contributed by atoms with Gasteiger partial charge in [-0.1, -0.05) is 17.7 Å². The molecule has 2 aromatic carbocycles. The van der Waals surface area contributed by atoms with Crippen molar-refractivity contribution >= 4 is 29.2 Å². The van der Waals surface area contributed by atoms with E-state index in [2.05, 4.69) is 10.1 Å². The van der Waals surface area contributed by atoms with Crippen molar-refractivity contribution in [1.29, 1.82) is 0 Å². The van der Waals surface area contributed by atoms with Gasteiger partial charge >= 0.3 is 5.97 Å². The molecule has 2 aromatic rings. The van der Waals surface area contributed by atoms with E-state index in [9.17, 15) is 9.59 Å². The summed E-state index contributed by atoms with van der Waals surface area (Å²) in [5.74, 6) is 0.0497. The molecule has 138 valence electrons. The highest BCUT2D eigenvalue weighted by atomic mass is 35.5. The SMILES string of the molecule is COC(=O)c1ccc(C)c(OCC(=O)Nc2cc(C)c(Cl)cc2OC)c1. The molecule has 0 bridgehead atoms. The molecular weight excluding hydrogens is 358 g/mol. The average Bonchev–Trinajstić information content (AvgIpc) is 2.63. The molecule has 0 aliphatic heterocycles. The second kappa shape index (κ2) is 8.58. The predicted molar refractivity (Wildman–Crippen MR) is 99.4 cm³/mol. The molecule has 6 nitrogen and oxygen atoms in total. The van der Waals surface area contributed by atoms with Crippen LogP contribution in [0.3, 0.4) is 0 Å². The Hall–Kier alpha value is -2.73. The number of benzene rings is 2. The maximum atomic E-state index is 12.2. The van der Waals surface area contributed by atoms with Gasteiger partial charge in [0.2, 0.25) is 0 Å². The number of hydrogen-bond donors (Lipinski definition) is 1. The van der Waals surface area contributed by atoms with Gasteiger partial charge in [0.15, 0.2) is 6.61 Å². The topological polar surface area (TPSA) is 73.9 Å². The fourth-order valence-corrected chi connectivity index (χ4v) is 2.41. The third kappa shape index (κ3) is 4.67. The highest BCUT2D eigenvalue weighted by Crippen LogP contribution is 2.31. The minimum absolute atomic E-state index is 0.226. The molecule has 0 spiro atoms. The highest BCUT2D eigenvalue weighted by Gasteiger charge is 2.13. The van der Waals surface area contributed by atoms with E-state index >= 15 is 0 Å². The highest BCUT2D eigenvalue weighted by molar-refractivity contribution is 6.31. The van der Waals surface area contributed by atoms with Crippen molar-refractivity contribution < 1.29 is 23.8 Å². The van der Waals surface area contributed by atoms with E-state index in [1.165, 1.54) is 14.2 Å². The first-order valence-electron chi connectivity index (χ1n) is 7.81. The van der Waals surface area contributed by atoms with Crippen molar-refractivity contribution in [3.8, 4) is 11.5 Å². The molecule has 0 fully saturated rings. The Balaban J connectivity index is 2.08. The van der Waals surface area contributed by atoms with Crippen molar-refractivity contribution in [2.24, 2.45) is 0 Å². The number of nitrogens with one attached hydrogen (secondary N) is 1. The number of halogens is 1. The number of hydrogen-bond acceptors (Lipinski definition) is 5. The summed E-state index contributed by atoms with van der Waals surface area (Å²) in [7, 11) is 2.80. The van der Waals surface area contributed by atoms with Crippen molar-refractivity contribution in [2.45, 2.75) is 13.8 Å². The van der Waals surface area contributed by atoms with Gasteiger partial charge in [-0.25, -0.2) is 4.79 Å². The Kier molecular flexibility index (Phi) is 6.46. The van der Waals surface area contributed by atoms with E-state index < -0.39 is 5.97 Å². The lowest BCUT2D eigenvalue weighted by Crippen LogP contribution is -2.21. The van der Waals surface area contributed by atoms with E-state index in [1.54, 1.807) is 30.3 Å². The van der Waals surface area contributed by atoms with Gasteiger partial charge in [0.1, 0.15) is 11.5 Å². The van der Waals surface area contributed by atoms with Gasteiger partial charge in [-0.15, -0.1) is 0 Å². The zero-order valence-electron chi connectivity index (χ0n) is 15.0. The Morgan fingerprint density at radius 3 is 2.42 bits per heavy atom. The summed E-state index contributed by atoms with van der Waals surface area (Å²) < 4.78 is 15.5. The first kappa shape index (κ1) is 19.6. The standard InChI is InChI=1S/C19H20ClNO5/c1-11-5-6-13(19(23)25-4)8-16(11)26-10-18(22)21-15-7-12(2)14(20)9-17(15)24-3/h5-9H,10H2,1-4H3,(H,21,22). The van der Waals surface area contributed by atoms with Crippen LogP contribution in [0.2, 0.25) is 5.02 Å². The summed E-state index contributed by atoms with van der Waals surface area (Å²) in [6, 6.07) is 8.27. The van der Waals surface area contributed by atoms with Crippen LogP contribution in [0, 0.1) is 13.8 Å². The van der Waals surface area contributed by atoms with Crippen LogP contribution in [0.5, 0.6) is 11.5 Å². The summed E-state index contributed by atoms with van der Waals surface area (Å²) in [5, 5.41) is 3.28. The van der Waals surface area contributed by atoms with Gasteiger partial charge in [-0.3, -0.25) is 4.79 Å². The van der Waals surface area contributed by atoms with Crippen LogP contribution >= 0.6 is 11.6 Å². The normalized spacial score (nSPS) is 10.2. The number of esters is 1. The molecule has 0 heterocycles. The van der Waals surface area contributed by atoms with Crippen LogP contribution in [0.15, 0.2) is 30.3 Å². The average molecular weight is 378 g/mol. The number of carbonyl (C=O) groups is 2. The molecule has 1 N–H and O–H groups in total. The van der Waals surface area contributed by atoms with Crippen molar-refractivity contribution in [1.82, 2.24) is 0 Å². The number of rotatable bonds is 6. The van der Waals surface area contributed by atoms with E-state index in [-0.39, 0.29) is 12.5 Å². The van der Waals surface area contributed by atoms with Crippen LogP contribution in [-0.4, -0.2) is 32.7 Å². The van der Waals surface area contributed by atoms with Crippen LogP contribution in [0.1, 0.15) is 21.5 Å². The maximum absolute atomic E-state index is 12.2. The molecule has 0 saturated heterocycles. The second-order valence-electron chi connectivity index (χ2n) is 5.61. The minimum Gasteiger partial charge on any atom is -0.495 e. The summed E-state index contributed by atoms with van der Waals surface area (Å²) in [6.45, 7) is 3.42. The monoisotopic (exact) mass is 377 g/mol. The van der Waals surface area contributed by atoms with Crippen LogP contribution < -0.4 is 14.8 Å². The van der Waals surface area contributed by atoms with Crippen molar-refractivity contribution in [2.75, 3.05) is 26.1 Å². The molecule has 7 heteroatoms. The Bertz CT molecular complexity index is 835. The molecule has 26 heavy (non-hydrogen) atoms. The van der Waals surface area contributed by atoms with Gasteiger partial charge in [0.05, 0.1) is 25.5 Å². The third-order valence-electron chi connectivity index (χ3n) is 3.72. The Morgan fingerprint density at radius 2 is 1.77 bits per heavy atom. The molecule has 2 rings (SSSR count). The Morgan fingerprint density at radius 1 is 1.04 bits per heavy atom. The molecule has 0 aliphatic carbocycles. The van der Waals surface area contributed by atoms with Crippen molar-refractivity contribution in [3.05, 3.63) is 52.0 Å². The number of aryl methyl sites for hydroxylation is 2. The lowest BCUT2D eigenvalue weighted by atomic mass is 10.1. The fraction of sp³-hybridized carbons (Fsp3) is 0.263. The first-order valence-corrected chi connectivity index (χ1v) is 8.19. The number of methoxy groups -OCH3 is 2. The van der Waals surface area contributed by atoms with Gasteiger partial charge in [-0.2, -0.15) is 0 Å². The minimum atomic E-state index is -0.472. The van der Waals surface area contributed by atoms with Crippen molar-refractivity contribution in [3.63, 3.8) is 0 Å². The zero-order valence-corrected chi connectivity index (χ0v) is 15.8. The number of anilines is 1. The second-order valence-corrected chi connectivity index (χ2v) is 6.02. The third-order valence-corrected chi connectivity index (χ3v) is 4.13. The quantitative estimate of drug-likeness (QED) is 0.776. The molecule has 1 amide bonds. The smallest absolute Gasteiger partial charge is 0.337 e. The van der Waals surface area contributed by atoms with Gasteiger partial charge in [0, 0.05) is 11.1 Å². The van der Waals surface area contributed by atoms with E-state index in [0.717, 1.165) is 11.1 Å². The lowest BCUT2D eigenvalue weighted by Gasteiger charge is -2.13. The summed E-state index contributed by atoms with van der Waals surface area (Å²) in [6.07, 6.45) is 0. The van der Waals surface area contributed by atoms with E-state index in [1.807, 2.05) is 13.8 Å². The zero-order chi connectivity index (χ0) is 19.3. The molecule has 0 saturated carbocycles. The largest absolute Gasteiger partial charge is 0.495 e. The first-order chi connectivity index (χ1) is 12.3. The molecule has 0 aromatic heterocycles. The van der Waals surface area contributed by atoms with Gasteiger partial charge < -0.3 is 19.5 Å². The number of ether oxygens (including phenoxy) is 3. The number of carbonyl (C=O) groups excluding carboxylic acids is 2. The van der Waals surface area contributed by atoms with E-state index in [4.69, 9.17) is 21.1 Å². The molecule has 0 aliphatic rings. The molecule has 0 atom stereocenters. The summed E-state index contributed by atoms with van der Waals surface area (Å²) in [5.41, 5.74) is 2.46. The summed E-state index contributed by atoms with van der Waals surface area (Å²) >= 11 is 6.06. The van der Waals surface area contributed by atoms with Crippen LogP contribution in [0.4, 0.5) is 5.69 Å². The van der Waals surface area contributed by atoms with Gasteiger partial charge in [-0.05, 0) is 43.2 Å². The fourth-order valence-electron chi connectivity index (χ4n) is 2.26. The van der Waals surface area contributed by atoms with Crippen LogP contribution in [-0.2, 0) is 9.53 Å². The Labute approximate surface area is 157 Å². The van der Waals surface area contributed by atoms with Crippen LogP contribution in [0.25, 0.3) is 0 Å². The maximum Gasteiger partial charge on any atom is 0.337 e. The molecular formula is C19H20ClNO5. The number of amides is 1. The predicted octanol–water partition coefficient (Wildman–Crippen LogP) is 3.77. The molecule has 0 radical (unpaired) electrons. The van der Waals surface area contributed by atoms with E-state index in [0.29, 0.717) is 27.8 Å².